The molecule has 7 nitrogen and oxygen atoms in total. The fourth-order valence-corrected chi connectivity index (χ4v) is 3.70. The summed E-state index contributed by atoms with van der Waals surface area (Å²) in [6, 6.07) is 15.6. The third-order valence-corrected chi connectivity index (χ3v) is 5.39. The summed E-state index contributed by atoms with van der Waals surface area (Å²) in [6.07, 6.45) is -5.57. The molecule has 0 N–H and O–H groups in total. The summed E-state index contributed by atoms with van der Waals surface area (Å²) in [5.41, 5.74) is 3.68. The second-order valence-corrected chi connectivity index (χ2v) is 7.88. The van der Waals surface area contributed by atoms with Crippen molar-refractivity contribution in [1.82, 2.24) is 19.9 Å². The van der Waals surface area contributed by atoms with Gasteiger partial charge in [-0.1, -0.05) is 11.2 Å². The zero-order valence-electron chi connectivity index (χ0n) is 17.9. The van der Waals surface area contributed by atoms with Crippen LogP contribution in [0.1, 0.15) is 11.3 Å². The Morgan fingerprint density at radius 1 is 1.18 bits per heavy atom. The maximum Gasteiger partial charge on any atom is 0.573 e. The Morgan fingerprint density at radius 3 is 2.65 bits per heavy atom. The molecule has 175 valence electrons. The Balaban J connectivity index is 1.34. The summed E-state index contributed by atoms with van der Waals surface area (Å²) in [4.78, 5) is 6.30. The van der Waals surface area contributed by atoms with Gasteiger partial charge in [0.15, 0.2) is 5.69 Å². The molecule has 0 bridgehead atoms. The molecule has 1 radical (unpaired) electrons. The average Bonchev–Trinajstić information content (AvgIpc) is 3.39. The van der Waals surface area contributed by atoms with Gasteiger partial charge in [0.25, 0.3) is 5.89 Å². The number of hydrogen-bond acceptors (Lipinski definition) is 6. The summed E-state index contributed by atoms with van der Waals surface area (Å²) in [7, 11) is 0. The van der Waals surface area contributed by atoms with Gasteiger partial charge in [0.1, 0.15) is 11.9 Å². The van der Waals surface area contributed by atoms with E-state index in [1.165, 1.54) is 24.3 Å². The molecule has 1 aliphatic rings. The van der Waals surface area contributed by atoms with Crippen molar-refractivity contribution in [3.05, 3.63) is 65.9 Å². The lowest BCUT2D eigenvalue weighted by molar-refractivity contribution is -0.274. The minimum atomic E-state index is -4.76. The number of aryl methyl sites for hydroxylation is 1. The molecule has 0 aliphatic carbocycles. The second-order valence-electron chi connectivity index (χ2n) is 7.88. The molecule has 0 amide bonds. The van der Waals surface area contributed by atoms with Crippen molar-refractivity contribution in [3.8, 4) is 28.7 Å². The first-order chi connectivity index (χ1) is 16.2. The zero-order valence-corrected chi connectivity index (χ0v) is 17.9. The fourth-order valence-electron chi connectivity index (χ4n) is 3.70. The monoisotopic (exact) mass is 472 g/mol. The van der Waals surface area contributed by atoms with E-state index in [2.05, 4.69) is 26.0 Å². The molecule has 1 fully saturated rings. The number of alkyl halides is 4. The Kier molecular flexibility index (Phi) is 5.46. The van der Waals surface area contributed by atoms with Crippen molar-refractivity contribution in [2.75, 3.05) is 18.0 Å². The quantitative estimate of drug-likeness (QED) is 0.375. The van der Waals surface area contributed by atoms with Crippen LogP contribution in [0.3, 0.4) is 0 Å². The highest BCUT2D eigenvalue weighted by Crippen LogP contribution is 2.29. The number of hydrogen-bond donors (Lipinski definition) is 0. The summed E-state index contributed by atoms with van der Waals surface area (Å²) in [6.45, 7) is 3.08. The summed E-state index contributed by atoms with van der Waals surface area (Å²) in [5, 5.41) is 8.47. The smallest absolute Gasteiger partial charge is 0.406 e. The number of halogens is 4. The van der Waals surface area contributed by atoms with E-state index in [-0.39, 0.29) is 17.5 Å². The van der Waals surface area contributed by atoms with Gasteiger partial charge in [-0.15, -0.1) is 13.2 Å². The van der Waals surface area contributed by atoms with E-state index in [0.717, 1.165) is 16.9 Å². The normalized spacial score (nSPS) is 14.3. The Labute approximate surface area is 191 Å². The standard InChI is InChI=1S/C23H18F4N5O2/c1-14-10-19(29-32(14)11-16-4-2-3-5-20(16)31-12-17(24)13-31)22-28-21(30-34-22)15-6-8-18(9-7-15)33-23(25,26)27/h3-10,17H,11-13H2,1H3. The van der Waals surface area contributed by atoms with Gasteiger partial charge in [-0.25, -0.2) is 4.39 Å². The Hall–Kier alpha value is -3.89. The van der Waals surface area contributed by atoms with Gasteiger partial charge in [-0.3, -0.25) is 4.68 Å². The molecular formula is C23H18F4N5O2. The van der Waals surface area contributed by atoms with Gasteiger partial charge in [-0.2, -0.15) is 10.1 Å². The van der Waals surface area contributed by atoms with Gasteiger partial charge >= 0.3 is 6.36 Å². The fraction of sp³-hybridized carbons (Fsp3) is 0.261. The zero-order chi connectivity index (χ0) is 23.9. The van der Waals surface area contributed by atoms with E-state index in [4.69, 9.17) is 4.52 Å². The lowest BCUT2D eigenvalue weighted by atomic mass is 10.1. The second kappa shape index (κ2) is 8.47. The number of ether oxygens (including phenoxy) is 1. The Morgan fingerprint density at radius 2 is 1.94 bits per heavy atom. The molecule has 0 saturated carbocycles. The average molecular weight is 472 g/mol. The van der Waals surface area contributed by atoms with E-state index in [1.54, 1.807) is 16.8 Å². The molecule has 11 heteroatoms. The van der Waals surface area contributed by atoms with Crippen LogP contribution in [-0.4, -0.2) is 45.5 Å². The van der Waals surface area contributed by atoms with E-state index in [1.807, 2.05) is 24.0 Å². The minimum Gasteiger partial charge on any atom is -0.406 e. The third kappa shape index (κ3) is 4.59. The maximum atomic E-state index is 13.3. The van der Waals surface area contributed by atoms with Crippen molar-refractivity contribution in [2.24, 2.45) is 0 Å². The first-order valence-electron chi connectivity index (χ1n) is 10.4. The summed E-state index contributed by atoms with van der Waals surface area (Å²) in [5.74, 6) is 0.0433. The number of aromatic nitrogens is 4. The molecule has 1 saturated heterocycles. The van der Waals surface area contributed by atoms with E-state index < -0.39 is 12.5 Å². The van der Waals surface area contributed by atoms with E-state index in [0.29, 0.717) is 30.9 Å². The van der Waals surface area contributed by atoms with Crippen LogP contribution in [0.25, 0.3) is 23.0 Å². The first-order valence-corrected chi connectivity index (χ1v) is 10.4. The van der Waals surface area contributed by atoms with Crippen molar-refractivity contribution >= 4 is 5.69 Å². The topological polar surface area (TPSA) is 69.2 Å². The lowest BCUT2D eigenvalue weighted by Gasteiger charge is -2.37. The molecule has 2 aromatic carbocycles. The number of rotatable bonds is 6. The van der Waals surface area contributed by atoms with Crippen molar-refractivity contribution < 1.29 is 26.8 Å². The lowest BCUT2D eigenvalue weighted by Crippen LogP contribution is -2.48. The molecule has 5 rings (SSSR count). The predicted molar refractivity (Wildman–Crippen MR) is 114 cm³/mol. The molecule has 3 heterocycles. The molecule has 1 aliphatic heterocycles. The molecular weight excluding hydrogens is 454 g/mol. The van der Waals surface area contributed by atoms with Crippen LogP contribution in [0.15, 0.2) is 53.1 Å². The van der Waals surface area contributed by atoms with Crippen molar-refractivity contribution in [1.29, 1.82) is 0 Å². The van der Waals surface area contributed by atoms with Crippen LogP contribution in [0, 0.1) is 13.0 Å². The first kappa shape index (κ1) is 21.9. The van der Waals surface area contributed by atoms with Crippen LogP contribution in [0.4, 0.5) is 23.2 Å². The number of benzene rings is 2. The number of nitrogens with zero attached hydrogens (tertiary/aromatic N) is 5. The maximum absolute atomic E-state index is 13.3. The van der Waals surface area contributed by atoms with Crippen LogP contribution in [0.5, 0.6) is 5.75 Å². The SMILES string of the molecule is Cc1cc(-c2nc(-c3ccc(OC(F)(F)F)cc3)no2)nn1Cc1c[c]ccc1N1CC(F)C1. The van der Waals surface area contributed by atoms with Gasteiger partial charge in [0.05, 0.1) is 19.6 Å². The Bertz CT molecular complexity index is 1290. The highest BCUT2D eigenvalue weighted by molar-refractivity contribution is 5.59. The minimum absolute atomic E-state index is 0.176. The van der Waals surface area contributed by atoms with Gasteiger partial charge in [0.2, 0.25) is 5.82 Å². The van der Waals surface area contributed by atoms with Crippen LogP contribution in [0.2, 0.25) is 0 Å². The van der Waals surface area contributed by atoms with Gasteiger partial charge < -0.3 is 14.2 Å². The van der Waals surface area contributed by atoms with Gasteiger partial charge in [-0.05, 0) is 61.0 Å². The molecule has 4 aromatic rings. The van der Waals surface area contributed by atoms with Crippen molar-refractivity contribution in [3.63, 3.8) is 0 Å². The third-order valence-electron chi connectivity index (χ3n) is 5.39. The van der Waals surface area contributed by atoms with E-state index in [9.17, 15) is 17.6 Å². The highest BCUT2D eigenvalue weighted by atomic mass is 19.4. The van der Waals surface area contributed by atoms with Crippen LogP contribution >= 0.6 is 0 Å². The highest BCUT2D eigenvalue weighted by Gasteiger charge is 2.31. The molecule has 34 heavy (non-hydrogen) atoms. The van der Waals surface area contributed by atoms with Crippen molar-refractivity contribution in [2.45, 2.75) is 26.0 Å². The molecule has 0 atom stereocenters. The molecule has 0 unspecified atom stereocenters. The van der Waals surface area contributed by atoms with Gasteiger partial charge in [0, 0.05) is 16.9 Å². The van der Waals surface area contributed by atoms with Crippen LogP contribution < -0.4 is 9.64 Å². The number of anilines is 1. The molecule has 0 spiro atoms. The molecule has 2 aromatic heterocycles. The summed E-state index contributed by atoms with van der Waals surface area (Å²) >= 11 is 0. The van der Waals surface area contributed by atoms with Crippen LogP contribution in [-0.2, 0) is 6.54 Å². The summed E-state index contributed by atoms with van der Waals surface area (Å²) < 4.78 is 61.3. The van der Waals surface area contributed by atoms with E-state index >= 15 is 0 Å². The largest absolute Gasteiger partial charge is 0.573 e. The predicted octanol–water partition coefficient (Wildman–Crippen LogP) is 4.81.